The summed E-state index contributed by atoms with van der Waals surface area (Å²) in [5, 5.41) is 3.30. The molecule has 0 bridgehead atoms. The first kappa shape index (κ1) is 28.1. The van der Waals surface area contributed by atoms with Crippen molar-refractivity contribution in [1.82, 2.24) is 9.97 Å². The van der Waals surface area contributed by atoms with Crippen LogP contribution in [-0.2, 0) is 0 Å². The zero-order chi connectivity index (χ0) is 23.8. The zero-order valence-corrected chi connectivity index (χ0v) is 22.0. The van der Waals surface area contributed by atoms with Gasteiger partial charge in [-0.1, -0.05) is 58.8 Å². The number of rotatable bonds is 15. The Morgan fingerprint density at radius 2 is 1.78 bits per heavy atom. The number of hydrogen-bond donors (Lipinski definition) is 2. The molecule has 1 aromatic heterocycles. The van der Waals surface area contributed by atoms with Crippen LogP contribution in [0, 0.1) is 0 Å². The summed E-state index contributed by atoms with van der Waals surface area (Å²) in [5.41, 5.74) is 11.7. The van der Waals surface area contributed by atoms with Gasteiger partial charge in [-0.3, -0.25) is 0 Å². The molecule has 0 aliphatic rings. The van der Waals surface area contributed by atoms with E-state index in [9.17, 15) is 0 Å². The Balaban J connectivity index is 2.58. The summed E-state index contributed by atoms with van der Waals surface area (Å²) < 4.78 is 0. The fraction of sp³-hybridized carbons (Fsp3) is 0.500. The summed E-state index contributed by atoms with van der Waals surface area (Å²) in [4.78, 5) is 8.60. The first-order valence-corrected chi connectivity index (χ1v) is 12.8. The second-order valence-corrected chi connectivity index (χ2v) is 10.0. The lowest BCUT2D eigenvalue weighted by Gasteiger charge is -2.17. The molecule has 0 saturated heterocycles. The largest absolute Gasteiger partial charge is 0.392 e. The quantitative estimate of drug-likeness (QED) is 0.162. The van der Waals surface area contributed by atoms with E-state index in [4.69, 9.17) is 18.0 Å². The van der Waals surface area contributed by atoms with Crippen molar-refractivity contribution in [1.29, 1.82) is 0 Å². The molecule has 0 spiro atoms. The van der Waals surface area contributed by atoms with Gasteiger partial charge in [-0.2, -0.15) is 11.8 Å². The number of nitrogens with two attached hydrogens (primary N) is 1. The van der Waals surface area contributed by atoms with Gasteiger partial charge < -0.3 is 11.1 Å². The number of aromatic nitrogens is 2. The second-order valence-electron chi connectivity index (χ2n) is 8.49. The standard InChI is InChI=1S/C26H40N4S2/c1-20(2)8-6-9-22(5)10-7-11-23(13-12-21(3)4)15-17-32-18-24(26(27)31)30-25-14-16-28-19-29-25/h8,10,12,14-16,19,24H,6-7,9,11,13,17-18H2,1-5H3,(H2,27,31)(H,28,29,30)/b22-10+,23-15-. The highest BCUT2D eigenvalue weighted by Gasteiger charge is 2.12. The fourth-order valence-corrected chi connectivity index (χ4v) is 4.17. The van der Waals surface area contributed by atoms with Gasteiger partial charge in [-0.15, -0.1) is 0 Å². The molecule has 0 aliphatic carbocycles. The van der Waals surface area contributed by atoms with Crippen LogP contribution in [0.1, 0.15) is 66.7 Å². The van der Waals surface area contributed by atoms with Crippen LogP contribution in [0.5, 0.6) is 0 Å². The minimum Gasteiger partial charge on any atom is -0.392 e. The maximum Gasteiger partial charge on any atom is 0.129 e. The summed E-state index contributed by atoms with van der Waals surface area (Å²) in [6.07, 6.45) is 18.1. The van der Waals surface area contributed by atoms with E-state index >= 15 is 0 Å². The molecule has 0 radical (unpaired) electrons. The smallest absolute Gasteiger partial charge is 0.129 e. The van der Waals surface area contributed by atoms with Gasteiger partial charge in [0.1, 0.15) is 12.1 Å². The molecule has 1 aromatic rings. The summed E-state index contributed by atoms with van der Waals surface area (Å²) in [6, 6.07) is 1.73. The molecule has 0 aromatic carbocycles. The second kappa shape index (κ2) is 16.7. The van der Waals surface area contributed by atoms with E-state index in [2.05, 4.69) is 74.2 Å². The number of nitrogens with zero attached hydrogens (tertiary/aromatic N) is 2. The third-order valence-electron chi connectivity index (χ3n) is 4.84. The molecule has 0 fully saturated rings. The van der Waals surface area contributed by atoms with Crippen molar-refractivity contribution >= 4 is 34.8 Å². The Bertz CT molecular complexity index is 802. The molecule has 1 atom stereocenters. The van der Waals surface area contributed by atoms with Crippen LogP contribution in [-0.4, -0.2) is 32.5 Å². The fourth-order valence-electron chi connectivity index (χ4n) is 2.93. The lowest BCUT2D eigenvalue weighted by Crippen LogP contribution is -2.36. The third kappa shape index (κ3) is 14.2. The minimum absolute atomic E-state index is 0.0917. The van der Waals surface area contributed by atoms with Gasteiger partial charge in [-0.05, 0) is 72.8 Å². The van der Waals surface area contributed by atoms with Crippen LogP contribution in [0.4, 0.5) is 5.82 Å². The van der Waals surface area contributed by atoms with E-state index < -0.39 is 0 Å². The van der Waals surface area contributed by atoms with E-state index in [1.807, 2.05) is 17.8 Å². The van der Waals surface area contributed by atoms with Crippen molar-refractivity contribution in [3.63, 3.8) is 0 Å². The number of thioether (sulfide) groups is 1. The van der Waals surface area contributed by atoms with Crippen LogP contribution < -0.4 is 11.1 Å². The maximum absolute atomic E-state index is 5.93. The first-order chi connectivity index (χ1) is 15.3. The molecule has 6 heteroatoms. The molecular weight excluding hydrogens is 432 g/mol. The summed E-state index contributed by atoms with van der Waals surface area (Å²) in [6.45, 7) is 10.9. The normalized spacial score (nSPS) is 12.8. The van der Waals surface area contributed by atoms with Crippen LogP contribution in [0.15, 0.2) is 65.2 Å². The third-order valence-corrected chi connectivity index (χ3v) is 6.10. The molecule has 1 unspecified atom stereocenters. The van der Waals surface area contributed by atoms with Gasteiger partial charge in [0.25, 0.3) is 0 Å². The molecule has 1 rings (SSSR count). The summed E-state index contributed by atoms with van der Waals surface area (Å²) in [7, 11) is 0. The number of hydrogen-bond acceptors (Lipinski definition) is 5. The van der Waals surface area contributed by atoms with Crippen molar-refractivity contribution in [3.05, 3.63) is 65.2 Å². The molecular formula is C26H40N4S2. The Morgan fingerprint density at radius 3 is 2.41 bits per heavy atom. The molecule has 1 heterocycles. The van der Waals surface area contributed by atoms with E-state index in [1.165, 1.54) is 28.6 Å². The minimum atomic E-state index is -0.0917. The van der Waals surface area contributed by atoms with Crippen molar-refractivity contribution < 1.29 is 0 Å². The molecule has 0 aliphatic heterocycles. The number of allylic oxidation sites excluding steroid dienone is 7. The molecule has 0 saturated carbocycles. The van der Waals surface area contributed by atoms with Crippen LogP contribution in [0.25, 0.3) is 0 Å². The maximum atomic E-state index is 5.93. The Labute approximate surface area is 205 Å². The van der Waals surface area contributed by atoms with Crippen molar-refractivity contribution in [3.8, 4) is 0 Å². The highest BCUT2D eigenvalue weighted by Crippen LogP contribution is 2.17. The first-order valence-electron chi connectivity index (χ1n) is 11.3. The zero-order valence-electron chi connectivity index (χ0n) is 20.4. The van der Waals surface area contributed by atoms with Gasteiger partial charge in [0.15, 0.2) is 0 Å². The SMILES string of the molecule is CC(C)=CCC/C(C)=C/CC/C(=C/CSCC(Nc1ccncn1)C(N)=S)CC=C(C)C. The van der Waals surface area contributed by atoms with Crippen molar-refractivity contribution in [2.45, 2.75) is 72.8 Å². The topological polar surface area (TPSA) is 63.8 Å². The number of thiocarbonyl (C=S) groups is 1. The van der Waals surface area contributed by atoms with E-state index in [-0.39, 0.29) is 6.04 Å². The van der Waals surface area contributed by atoms with Gasteiger partial charge in [-0.25, -0.2) is 9.97 Å². The van der Waals surface area contributed by atoms with E-state index in [0.29, 0.717) is 4.99 Å². The van der Waals surface area contributed by atoms with Crippen molar-refractivity contribution in [2.24, 2.45) is 5.73 Å². The lowest BCUT2D eigenvalue weighted by molar-refractivity contribution is 0.899. The summed E-state index contributed by atoms with van der Waals surface area (Å²) in [5.74, 6) is 2.49. The average molecular weight is 473 g/mol. The van der Waals surface area contributed by atoms with E-state index in [0.717, 1.165) is 49.4 Å². The number of nitrogens with one attached hydrogen (secondary N) is 1. The van der Waals surface area contributed by atoms with E-state index in [1.54, 1.807) is 6.20 Å². The molecule has 3 N–H and O–H groups in total. The molecule has 4 nitrogen and oxygen atoms in total. The highest BCUT2D eigenvalue weighted by atomic mass is 32.2. The Kier molecular flexibility index (Phi) is 14.7. The summed E-state index contributed by atoms with van der Waals surface area (Å²) >= 11 is 7.07. The van der Waals surface area contributed by atoms with Crippen LogP contribution in [0.3, 0.4) is 0 Å². The Hall–Kier alpha value is -1.92. The highest BCUT2D eigenvalue weighted by molar-refractivity contribution is 7.99. The van der Waals surface area contributed by atoms with Crippen LogP contribution >= 0.6 is 24.0 Å². The number of anilines is 1. The molecule has 176 valence electrons. The van der Waals surface area contributed by atoms with Crippen molar-refractivity contribution in [2.75, 3.05) is 16.8 Å². The van der Waals surface area contributed by atoms with Gasteiger partial charge in [0, 0.05) is 17.7 Å². The lowest BCUT2D eigenvalue weighted by atomic mass is 10.0. The average Bonchev–Trinajstić information content (AvgIpc) is 2.73. The molecule has 0 amide bonds. The Morgan fingerprint density at radius 1 is 1.06 bits per heavy atom. The van der Waals surface area contributed by atoms with Gasteiger partial charge in [0.05, 0.1) is 11.0 Å². The van der Waals surface area contributed by atoms with Gasteiger partial charge >= 0.3 is 0 Å². The van der Waals surface area contributed by atoms with Crippen LogP contribution in [0.2, 0.25) is 0 Å². The van der Waals surface area contributed by atoms with Gasteiger partial charge in [0.2, 0.25) is 0 Å². The molecule has 32 heavy (non-hydrogen) atoms. The predicted octanol–water partition coefficient (Wildman–Crippen LogP) is 7.03. The predicted molar refractivity (Wildman–Crippen MR) is 147 cm³/mol. The monoisotopic (exact) mass is 472 g/mol.